The van der Waals surface area contributed by atoms with Crippen LogP contribution in [0.1, 0.15) is 20.3 Å². The standard InChI is InChI=1S/C9H15N3/c1-9(2,8-11)4-6-12(3)7-5-10/h4,6-7H2,1-3H3. The maximum Gasteiger partial charge on any atom is 0.0863 e. The molecule has 0 aromatic carbocycles. The van der Waals surface area contributed by atoms with E-state index in [0.29, 0.717) is 6.54 Å². The summed E-state index contributed by atoms with van der Waals surface area (Å²) in [4.78, 5) is 1.92. The van der Waals surface area contributed by atoms with E-state index in [0.717, 1.165) is 13.0 Å². The topological polar surface area (TPSA) is 50.8 Å². The lowest BCUT2D eigenvalue weighted by Crippen LogP contribution is -2.24. The molecular formula is C9H15N3. The van der Waals surface area contributed by atoms with E-state index in [9.17, 15) is 0 Å². The predicted molar refractivity (Wildman–Crippen MR) is 47.1 cm³/mol. The minimum absolute atomic E-state index is 0.274. The lowest BCUT2D eigenvalue weighted by atomic mass is 9.91. The van der Waals surface area contributed by atoms with Gasteiger partial charge in [0.25, 0.3) is 0 Å². The third kappa shape index (κ3) is 4.71. The highest BCUT2D eigenvalue weighted by atomic mass is 15.1. The van der Waals surface area contributed by atoms with Gasteiger partial charge in [0.2, 0.25) is 0 Å². The molecule has 0 aliphatic carbocycles. The summed E-state index contributed by atoms with van der Waals surface area (Å²) in [7, 11) is 1.89. The van der Waals surface area contributed by atoms with Crippen molar-refractivity contribution in [1.82, 2.24) is 4.90 Å². The van der Waals surface area contributed by atoms with Gasteiger partial charge in [0.15, 0.2) is 0 Å². The normalized spacial score (nSPS) is 10.8. The number of hydrogen-bond acceptors (Lipinski definition) is 3. The second-order valence-electron chi connectivity index (χ2n) is 3.64. The van der Waals surface area contributed by atoms with E-state index in [1.165, 1.54) is 0 Å². The van der Waals surface area contributed by atoms with Gasteiger partial charge in [-0.3, -0.25) is 4.90 Å². The molecule has 0 N–H and O–H groups in total. The molecule has 0 bridgehead atoms. The molecule has 0 rings (SSSR count). The van der Waals surface area contributed by atoms with Crippen molar-refractivity contribution in [3.63, 3.8) is 0 Å². The predicted octanol–water partition coefficient (Wildman–Crippen LogP) is 1.38. The van der Waals surface area contributed by atoms with E-state index in [1.807, 2.05) is 25.8 Å². The van der Waals surface area contributed by atoms with Crippen molar-refractivity contribution in [3.8, 4) is 12.1 Å². The Hall–Kier alpha value is -1.06. The Labute approximate surface area is 74.2 Å². The minimum atomic E-state index is -0.274. The van der Waals surface area contributed by atoms with Crippen LogP contribution in [0, 0.1) is 28.1 Å². The molecular weight excluding hydrogens is 150 g/mol. The molecule has 0 aliphatic rings. The summed E-state index contributed by atoms with van der Waals surface area (Å²) in [5.74, 6) is 0. The van der Waals surface area contributed by atoms with Crippen molar-refractivity contribution in [2.45, 2.75) is 20.3 Å². The van der Waals surface area contributed by atoms with E-state index in [2.05, 4.69) is 12.1 Å². The van der Waals surface area contributed by atoms with Gasteiger partial charge < -0.3 is 0 Å². The Morgan fingerprint density at radius 2 is 1.92 bits per heavy atom. The molecule has 0 aromatic heterocycles. The van der Waals surface area contributed by atoms with Crippen LogP contribution in [-0.2, 0) is 0 Å². The van der Waals surface area contributed by atoms with Crippen LogP contribution >= 0.6 is 0 Å². The first-order valence-electron chi connectivity index (χ1n) is 3.98. The van der Waals surface area contributed by atoms with Crippen LogP contribution in [0.2, 0.25) is 0 Å². The van der Waals surface area contributed by atoms with Crippen LogP contribution in [0.25, 0.3) is 0 Å². The van der Waals surface area contributed by atoms with Gasteiger partial charge in [-0.15, -0.1) is 0 Å². The zero-order chi connectivity index (χ0) is 9.61. The number of hydrogen-bond donors (Lipinski definition) is 0. The SMILES string of the molecule is CN(CC#N)CCC(C)(C)C#N. The van der Waals surface area contributed by atoms with Crippen LogP contribution in [0.15, 0.2) is 0 Å². The lowest BCUT2D eigenvalue weighted by Gasteiger charge is -2.19. The number of nitriles is 2. The molecule has 0 radical (unpaired) electrons. The molecule has 0 heterocycles. The first-order valence-corrected chi connectivity index (χ1v) is 3.98. The second kappa shape index (κ2) is 4.74. The van der Waals surface area contributed by atoms with Crippen molar-refractivity contribution < 1.29 is 0 Å². The third-order valence-corrected chi connectivity index (χ3v) is 1.76. The quantitative estimate of drug-likeness (QED) is 0.591. The summed E-state index contributed by atoms with van der Waals surface area (Å²) in [6, 6.07) is 4.29. The molecule has 0 amide bonds. The third-order valence-electron chi connectivity index (χ3n) is 1.76. The van der Waals surface area contributed by atoms with Gasteiger partial charge in [0, 0.05) is 6.54 Å². The van der Waals surface area contributed by atoms with Gasteiger partial charge in [-0.05, 0) is 27.3 Å². The summed E-state index contributed by atoms with van der Waals surface area (Å²) < 4.78 is 0. The van der Waals surface area contributed by atoms with E-state index >= 15 is 0 Å². The molecule has 0 fully saturated rings. The van der Waals surface area contributed by atoms with Gasteiger partial charge in [0.05, 0.1) is 24.1 Å². The Kier molecular flexibility index (Phi) is 4.33. The van der Waals surface area contributed by atoms with Gasteiger partial charge in [-0.1, -0.05) is 0 Å². The maximum atomic E-state index is 8.70. The average Bonchev–Trinajstić information content (AvgIpc) is 2.02. The zero-order valence-corrected chi connectivity index (χ0v) is 7.96. The molecule has 3 heteroatoms. The molecule has 0 unspecified atom stereocenters. The highest BCUT2D eigenvalue weighted by molar-refractivity contribution is 4.92. The second-order valence-corrected chi connectivity index (χ2v) is 3.64. The molecule has 3 nitrogen and oxygen atoms in total. The number of nitrogens with zero attached hydrogens (tertiary/aromatic N) is 3. The van der Waals surface area contributed by atoms with Gasteiger partial charge in [-0.25, -0.2) is 0 Å². The van der Waals surface area contributed by atoms with E-state index in [1.54, 1.807) is 0 Å². The Balaban J connectivity index is 3.71. The van der Waals surface area contributed by atoms with Crippen molar-refractivity contribution in [2.75, 3.05) is 20.1 Å². The van der Waals surface area contributed by atoms with E-state index in [4.69, 9.17) is 10.5 Å². The van der Waals surface area contributed by atoms with Crippen LogP contribution in [0.4, 0.5) is 0 Å². The highest BCUT2D eigenvalue weighted by Gasteiger charge is 2.16. The first-order chi connectivity index (χ1) is 5.52. The largest absolute Gasteiger partial charge is 0.294 e. The van der Waals surface area contributed by atoms with Crippen LogP contribution in [0.3, 0.4) is 0 Å². The summed E-state index contributed by atoms with van der Waals surface area (Å²) in [5.41, 5.74) is -0.274. The molecule has 0 aromatic rings. The van der Waals surface area contributed by atoms with Crippen molar-refractivity contribution >= 4 is 0 Å². The zero-order valence-electron chi connectivity index (χ0n) is 7.96. The van der Waals surface area contributed by atoms with Gasteiger partial charge >= 0.3 is 0 Å². The van der Waals surface area contributed by atoms with Gasteiger partial charge in [-0.2, -0.15) is 10.5 Å². The minimum Gasteiger partial charge on any atom is -0.294 e. The molecule has 66 valence electrons. The molecule has 0 atom stereocenters. The summed E-state index contributed by atoms with van der Waals surface area (Å²) >= 11 is 0. The van der Waals surface area contributed by atoms with Crippen molar-refractivity contribution in [2.24, 2.45) is 5.41 Å². The molecule has 0 spiro atoms. The lowest BCUT2D eigenvalue weighted by molar-refractivity contribution is 0.311. The maximum absolute atomic E-state index is 8.70. The highest BCUT2D eigenvalue weighted by Crippen LogP contribution is 2.18. The fourth-order valence-electron chi connectivity index (χ4n) is 0.726. The summed E-state index contributed by atoms with van der Waals surface area (Å²) in [5, 5.41) is 17.1. The first kappa shape index (κ1) is 10.9. The fourth-order valence-corrected chi connectivity index (χ4v) is 0.726. The Morgan fingerprint density at radius 3 is 2.33 bits per heavy atom. The van der Waals surface area contributed by atoms with Crippen LogP contribution < -0.4 is 0 Å². The van der Waals surface area contributed by atoms with Crippen molar-refractivity contribution in [3.05, 3.63) is 0 Å². The fraction of sp³-hybridized carbons (Fsp3) is 0.778. The average molecular weight is 165 g/mol. The van der Waals surface area contributed by atoms with Crippen LogP contribution in [0.5, 0.6) is 0 Å². The molecule has 12 heavy (non-hydrogen) atoms. The summed E-state index contributed by atoms with van der Waals surface area (Å²) in [6.45, 7) is 5.05. The Bertz CT molecular complexity index is 207. The monoisotopic (exact) mass is 165 g/mol. The molecule has 0 saturated carbocycles. The molecule has 0 saturated heterocycles. The van der Waals surface area contributed by atoms with E-state index in [-0.39, 0.29) is 5.41 Å². The van der Waals surface area contributed by atoms with E-state index < -0.39 is 0 Å². The van der Waals surface area contributed by atoms with Crippen molar-refractivity contribution in [1.29, 1.82) is 10.5 Å². The Morgan fingerprint density at radius 1 is 1.33 bits per heavy atom. The van der Waals surface area contributed by atoms with Crippen LogP contribution in [-0.4, -0.2) is 25.0 Å². The molecule has 0 aliphatic heterocycles. The smallest absolute Gasteiger partial charge is 0.0863 e. The number of rotatable bonds is 4. The summed E-state index contributed by atoms with van der Waals surface area (Å²) in [6.07, 6.45) is 0.807. The van der Waals surface area contributed by atoms with Gasteiger partial charge in [0.1, 0.15) is 0 Å².